The Bertz CT molecular complexity index is 1180. The van der Waals surface area contributed by atoms with E-state index >= 15 is 0 Å². The number of rotatable bonds is 5. The molecule has 4 heteroatoms. The average molecular weight is 400 g/mol. The van der Waals surface area contributed by atoms with Crippen LogP contribution >= 0.6 is 11.8 Å². The molecule has 0 fully saturated rings. The van der Waals surface area contributed by atoms with Crippen molar-refractivity contribution in [3.05, 3.63) is 101 Å². The largest absolute Gasteiger partial charge is 0.496 e. The van der Waals surface area contributed by atoms with E-state index in [1.165, 1.54) is 0 Å². The number of benzene rings is 3. The van der Waals surface area contributed by atoms with E-state index in [0.717, 1.165) is 32.2 Å². The Balaban J connectivity index is 2.02. The highest BCUT2D eigenvalue weighted by molar-refractivity contribution is 7.99. The molecule has 0 aliphatic heterocycles. The first kappa shape index (κ1) is 19.1. The average Bonchev–Trinajstić information content (AvgIpc) is 2.78. The van der Waals surface area contributed by atoms with Gasteiger partial charge in [0.15, 0.2) is 5.76 Å². The molecule has 1 aromatic heterocycles. The van der Waals surface area contributed by atoms with Gasteiger partial charge in [-0.3, -0.25) is 0 Å². The molecule has 29 heavy (non-hydrogen) atoms. The van der Waals surface area contributed by atoms with Crippen molar-refractivity contribution in [2.75, 3.05) is 7.11 Å². The summed E-state index contributed by atoms with van der Waals surface area (Å²) in [6, 6.07) is 27.5. The normalized spacial score (nSPS) is 10.7. The molecule has 0 amide bonds. The monoisotopic (exact) mass is 400 g/mol. The molecule has 0 spiro atoms. The maximum atomic E-state index is 12.7. The second-order valence-corrected chi connectivity index (χ2v) is 7.58. The fraction of sp³-hybridized carbons (Fsp3) is 0.0800. The van der Waals surface area contributed by atoms with E-state index in [2.05, 4.69) is 0 Å². The molecule has 0 bridgehead atoms. The van der Waals surface area contributed by atoms with Crippen molar-refractivity contribution in [2.45, 2.75) is 16.7 Å². The molecule has 0 radical (unpaired) electrons. The third kappa shape index (κ3) is 3.84. The molecular weight excluding hydrogens is 380 g/mol. The predicted octanol–water partition coefficient (Wildman–Crippen LogP) is 6.44. The summed E-state index contributed by atoms with van der Waals surface area (Å²) < 4.78 is 11.4. The summed E-state index contributed by atoms with van der Waals surface area (Å²) in [4.78, 5) is 14.6. The summed E-state index contributed by atoms with van der Waals surface area (Å²) in [7, 11) is 1.66. The molecule has 0 atom stereocenters. The smallest absolute Gasteiger partial charge is 0.339 e. The highest BCUT2D eigenvalue weighted by atomic mass is 32.2. The summed E-state index contributed by atoms with van der Waals surface area (Å²) >= 11 is 1.55. The van der Waals surface area contributed by atoms with Crippen LogP contribution in [-0.4, -0.2) is 7.11 Å². The quantitative estimate of drug-likeness (QED) is 0.386. The van der Waals surface area contributed by atoms with Gasteiger partial charge in [0.2, 0.25) is 0 Å². The maximum Gasteiger partial charge on any atom is 0.339 e. The van der Waals surface area contributed by atoms with Gasteiger partial charge < -0.3 is 9.15 Å². The van der Waals surface area contributed by atoms with Gasteiger partial charge in [-0.05, 0) is 24.6 Å². The van der Waals surface area contributed by atoms with Crippen LogP contribution in [0.4, 0.5) is 0 Å². The van der Waals surface area contributed by atoms with Gasteiger partial charge >= 0.3 is 5.63 Å². The van der Waals surface area contributed by atoms with Gasteiger partial charge in [0.25, 0.3) is 0 Å². The Morgan fingerprint density at radius 1 is 0.793 bits per heavy atom. The number of hydrogen-bond acceptors (Lipinski definition) is 4. The summed E-state index contributed by atoms with van der Waals surface area (Å²) in [5, 5.41) is 0. The van der Waals surface area contributed by atoms with E-state index in [1.807, 2.05) is 91.9 Å². The lowest BCUT2D eigenvalue weighted by molar-refractivity contribution is 0.405. The standard InChI is InChI=1S/C25H20O3S/c1-17-22(18-11-5-3-6-12-18)24(29-21-16-10-9-15-20(21)27-2)23(28-25(17)26)19-13-7-4-8-14-19/h3-16H,1-2H3. The van der Waals surface area contributed by atoms with Crippen molar-refractivity contribution >= 4 is 11.8 Å². The van der Waals surface area contributed by atoms with Crippen LogP contribution in [0.5, 0.6) is 5.75 Å². The van der Waals surface area contributed by atoms with Crippen LogP contribution in [0.15, 0.2) is 104 Å². The Morgan fingerprint density at radius 2 is 1.38 bits per heavy atom. The zero-order valence-corrected chi connectivity index (χ0v) is 17.0. The van der Waals surface area contributed by atoms with Crippen LogP contribution in [0.2, 0.25) is 0 Å². The lowest BCUT2D eigenvalue weighted by atomic mass is 10.0. The fourth-order valence-electron chi connectivity index (χ4n) is 3.24. The molecule has 3 aromatic carbocycles. The summed E-state index contributed by atoms with van der Waals surface area (Å²) in [6.07, 6.45) is 0. The zero-order valence-electron chi connectivity index (χ0n) is 16.2. The summed E-state index contributed by atoms with van der Waals surface area (Å²) in [6.45, 7) is 1.81. The molecule has 4 aromatic rings. The molecule has 0 aliphatic rings. The predicted molar refractivity (Wildman–Crippen MR) is 118 cm³/mol. The van der Waals surface area contributed by atoms with Gasteiger partial charge in [-0.1, -0.05) is 84.6 Å². The third-order valence-corrected chi connectivity index (χ3v) is 5.84. The minimum atomic E-state index is -0.327. The van der Waals surface area contributed by atoms with Crippen LogP contribution in [0.1, 0.15) is 5.56 Å². The van der Waals surface area contributed by atoms with E-state index in [9.17, 15) is 4.79 Å². The van der Waals surface area contributed by atoms with Gasteiger partial charge in [-0.15, -0.1) is 0 Å². The Morgan fingerprint density at radius 3 is 2.03 bits per heavy atom. The van der Waals surface area contributed by atoms with E-state index < -0.39 is 0 Å². The maximum absolute atomic E-state index is 12.7. The molecule has 0 N–H and O–H groups in total. The Kier molecular flexibility index (Phi) is 5.54. The molecule has 0 unspecified atom stereocenters. The molecule has 1 heterocycles. The Labute approximate surface area is 174 Å². The van der Waals surface area contributed by atoms with Crippen molar-refractivity contribution in [1.29, 1.82) is 0 Å². The van der Waals surface area contributed by atoms with Gasteiger partial charge in [-0.2, -0.15) is 0 Å². The summed E-state index contributed by atoms with van der Waals surface area (Å²) in [5.41, 5.74) is 2.99. The number of methoxy groups -OCH3 is 1. The fourth-order valence-corrected chi connectivity index (χ4v) is 4.49. The second kappa shape index (κ2) is 8.41. The van der Waals surface area contributed by atoms with Crippen molar-refractivity contribution < 1.29 is 9.15 Å². The molecule has 0 saturated heterocycles. The second-order valence-electron chi connectivity index (χ2n) is 6.53. The lowest BCUT2D eigenvalue weighted by Gasteiger charge is -2.17. The van der Waals surface area contributed by atoms with E-state index in [1.54, 1.807) is 18.9 Å². The third-order valence-electron chi connectivity index (χ3n) is 4.69. The van der Waals surface area contributed by atoms with Gasteiger partial charge in [-0.25, -0.2) is 4.79 Å². The number of para-hydroxylation sites is 1. The molecule has 144 valence electrons. The van der Waals surface area contributed by atoms with Gasteiger partial charge in [0.05, 0.1) is 16.9 Å². The van der Waals surface area contributed by atoms with Crippen molar-refractivity contribution in [3.63, 3.8) is 0 Å². The minimum absolute atomic E-state index is 0.327. The molecule has 3 nitrogen and oxygen atoms in total. The number of hydrogen-bond donors (Lipinski definition) is 0. The number of ether oxygens (including phenoxy) is 1. The molecule has 0 saturated carbocycles. The van der Waals surface area contributed by atoms with E-state index in [-0.39, 0.29) is 5.63 Å². The first-order chi connectivity index (χ1) is 14.2. The molecular formula is C25H20O3S. The lowest BCUT2D eigenvalue weighted by Crippen LogP contribution is -2.08. The van der Waals surface area contributed by atoms with Crippen molar-refractivity contribution in [1.82, 2.24) is 0 Å². The van der Waals surface area contributed by atoms with E-state index in [4.69, 9.17) is 9.15 Å². The van der Waals surface area contributed by atoms with Crippen LogP contribution in [-0.2, 0) is 0 Å². The van der Waals surface area contributed by atoms with Crippen molar-refractivity contribution in [3.8, 4) is 28.2 Å². The van der Waals surface area contributed by atoms with Crippen LogP contribution in [0.3, 0.4) is 0 Å². The molecule has 0 aliphatic carbocycles. The highest BCUT2D eigenvalue weighted by Gasteiger charge is 2.22. The van der Waals surface area contributed by atoms with Gasteiger partial charge in [0, 0.05) is 16.7 Å². The SMILES string of the molecule is COc1ccccc1Sc1c(-c2ccccc2)oc(=O)c(C)c1-c1ccccc1. The topological polar surface area (TPSA) is 39.4 Å². The zero-order chi connectivity index (χ0) is 20.2. The van der Waals surface area contributed by atoms with Gasteiger partial charge in [0.1, 0.15) is 5.75 Å². The van der Waals surface area contributed by atoms with Crippen LogP contribution in [0, 0.1) is 6.92 Å². The van der Waals surface area contributed by atoms with Crippen LogP contribution in [0.25, 0.3) is 22.5 Å². The van der Waals surface area contributed by atoms with Crippen molar-refractivity contribution in [2.24, 2.45) is 0 Å². The minimum Gasteiger partial charge on any atom is -0.496 e. The first-order valence-corrected chi connectivity index (χ1v) is 10.1. The van der Waals surface area contributed by atoms with E-state index in [0.29, 0.717) is 11.3 Å². The first-order valence-electron chi connectivity index (χ1n) is 9.28. The summed E-state index contributed by atoms with van der Waals surface area (Å²) in [5.74, 6) is 1.34. The Hall–Kier alpha value is -3.24. The molecule has 4 rings (SSSR count). The van der Waals surface area contributed by atoms with Crippen LogP contribution < -0.4 is 10.4 Å². The highest BCUT2D eigenvalue weighted by Crippen LogP contribution is 2.45.